The topological polar surface area (TPSA) is 76.0 Å². The van der Waals surface area contributed by atoms with Crippen LogP contribution in [0.5, 0.6) is 0 Å². The van der Waals surface area contributed by atoms with Crippen LogP contribution in [0.1, 0.15) is 28.8 Å². The van der Waals surface area contributed by atoms with Gasteiger partial charge in [0.2, 0.25) is 5.91 Å². The Morgan fingerprint density at radius 2 is 2.04 bits per heavy atom. The smallest absolute Gasteiger partial charge is 0.252 e. The van der Waals surface area contributed by atoms with E-state index in [1.807, 2.05) is 46.6 Å². The van der Waals surface area contributed by atoms with Gasteiger partial charge in [-0.3, -0.25) is 14.3 Å². The lowest BCUT2D eigenvalue weighted by atomic mass is 10.1. The summed E-state index contributed by atoms with van der Waals surface area (Å²) in [6.45, 7) is 1.07. The van der Waals surface area contributed by atoms with Crippen molar-refractivity contribution in [1.82, 2.24) is 15.1 Å². The predicted molar refractivity (Wildman–Crippen MR) is 102 cm³/mol. The number of thiophene rings is 1. The van der Waals surface area contributed by atoms with Crippen molar-refractivity contribution >= 4 is 28.8 Å². The summed E-state index contributed by atoms with van der Waals surface area (Å²) in [6, 6.07) is 11.3. The number of para-hydroxylation sites is 1. The molecule has 2 aromatic heterocycles. The highest BCUT2D eigenvalue weighted by Crippen LogP contribution is 2.16. The Hall–Kier alpha value is -2.93. The van der Waals surface area contributed by atoms with E-state index >= 15 is 0 Å². The molecule has 7 heteroatoms. The number of carbonyl (C=O) groups excluding carboxylic acids is 2. The van der Waals surface area contributed by atoms with E-state index in [-0.39, 0.29) is 11.8 Å². The number of rotatable bonds is 8. The maximum atomic E-state index is 12.2. The molecule has 134 valence electrons. The number of nitrogens with zero attached hydrogens (tertiary/aromatic N) is 2. The van der Waals surface area contributed by atoms with E-state index in [4.69, 9.17) is 0 Å². The first-order chi connectivity index (χ1) is 12.7. The first kappa shape index (κ1) is 17.9. The molecule has 2 N–H and O–H groups in total. The van der Waals surface area contributed by atoms with Crippen molar-refractivity contribution < 1.29 is 9.59 Å². The Kier molecular flexibility index (Phi) is 6.16. The fourth-order valence-corrected chi connectivity index (χ4v) is 3.14. The van der Waals surface area contributed by atoms with E-state index in [0.717, 1.165) is 11.3 Å². The van der Waals surface area contributed by atoms with Gasteiger partial charge in [0.25, 0.3) is 5.91 Å². The molecule has 0 atom stereocenters. The quantitative estimate of drug-likeness (QED) is 0.600. The molecule has 0 bridgehead atoms. The van der Waals surface area contributed by atoms with Crippen LogP contribution in [-0.2, 0) is 11.3 Å². The molecule has 0 radical (unpaired) electrons. The second-order valence-electron chi connectivity index (χ2n) is 5.78. The Morgan fingerprint density at radius 3 is 2.81 bits per heavy atom. The zero-order chi connectivity index (χ0) is 18.2. The van der Waals surface area contributed by atoms with Crippen LogP contribution in [0, 0.1) is 0 Å². The summed E-state index contributed by atoms with van der Waals surface area (Å²) in [5, 5.41) is 13.6. The number of hydrogen-bond donors (Lipinski definition) is 2. The molecule has 26 heavy (non-hydrogen) atoms. The molecule has 0 spiro atoms. The highest BCUT2D eigenvalue weighted by molar-refractivity contribution is 7.08. The second-order valence-corrected chi connectivity index (χ2v) is 6.56. The molecule has 0 aliphatic carbocycles. The summed E-state index contributed by atoms with van der Waals surface area (Å²) in [6.07, 6.45) is 4.55. The van der Waals surface area contributed by atoms with Crippen molar-refractivity contribution in [2.75, 3.05) is 11.9 Å². The normalized spacial score (nSPS) is 10.5. The summed E-state index contributed by atoms with van der Waals surface area (Å²) in [5.41, 5.74) is 2.44. The SMILES string of the molecule is O=C(CCCNC(=O)c1ccsc1)Nc1ccccc1Cn1cccn1. The van der Waals surface area contributed by atoms with E-state index in [9.17, 15) is 9.59 Å². The van der Waals surface area contributed by atoms with Crippen molar-refractivity contribution in [2.24, 2.45) is 0 Å². The number of aromatic nitrogens is 2. The van der Waals surface area contributed by atoms with E-state index < -0.39 is 0 Å². The van der Waals surface area contributed by atoms with E-state index in [2.05, 4.69) is 15.7 Å². The number of anilines is 1. The van der Waals surface area contributed by atoms with Crippen LogP contribution in [0.2, 0.25) is 0 Å². The lowest BCUT2D eigenvalue weighted by Gasteiger charge is -2.11. The lowest BCUT2D eigenvalue weighted by Crippen LogP contribution is -2.25. The summed E-state index contributed by atoms with van der Waals surface area (Å²) >= 11 is 1.48. The molecule has 1 aromatic carbocycles. The van der Waals surface area contributed by atoms with Gasteiger partial charge in [-0.25, -0.2) is 0 Å². The summed E-state index contributed by atoms with van der Waals surface area (Å²) < 4.78 is 1.81. The fraction of sp³-hybridized carbons (Fsp3) is 0.211. The minimum Gasteiger partial charge on any atom is -0.352 e. The Bertz CT molecular complexity index is 844. The molecule has 0 aliphatic rings. The summed E-state index contributed by atoms with van der Waals surface area (Å²) in [7, 11) is 0. The van der Waals surface area contributed by atoms with Crippen LogP contribution in [0.4, 0.5) is 5.69 Å². The summed E-state index contributed by atoms with van der Waals surface area (Å²) in [5.74, 6) is -0.168. The molecule has 0 fully saturated rings. The third kappa shape index (κ3) is 5.03. The predicted octanol–water partition coefficient (Wildman–Crippen LogP) is 3.14. The molecule has 0 aliphatic heterocycles. The van der Waals surface area contributed by atoms with Gasteiger partial charge in [0, 0.05) is 42.0 Å². The number of carbonyl (C=O) groups is 2. The van der Waals surface area contributed by atoms with Crippen LogP contribution in [-0.4, -0.2) is 28.1 Å². The van der Waals surface area contributed by atoms with Gasteiger partial charge in [0.05, 0.1) is 6.54 Å². The second kappa shape index (κ2) is 8.96. The van der Waals surface area contributed by atoms with Gasteiger partial charge in [0.15, 0.2) is 0 Å². The average Bonchev–Trinajstić information content (AvgIpc) is 3.34. The molecule has 3 rings (SSSR count). The zero-order valence-electron chi connectivity index (χ0n) is 14.2. The van der Waals surface area contributed by atoms with Gasteiger partial charge in [-0.2, -0.15) is 16.4 Å². The average molecular weight is 368 g/mol. The first-order valence-electron chi connectivity index (χ1n) is 8.38. The number of hydrogen-bond acceptors (Lipinski definition) is 4. The van der Waals surface area contributed by atoms with Crippen LogP contribution < -0.4 is 10.6 Å². The standard InChI is InChI=1S/C19H20N4O2S/c24-18(7-3-9-20-19(25)16-8-12-26-14-16)22-17-6-2-1-5-15(17)13-23-11-4-10-21-23/h1-2,4-6,8,10-12,14H,3,7,9,13H2,(H,20,25)(H,22,24). The van der Waals surface area contributed by atoms with E-state index in [1.54, 1.807) is 17.6 Å². The summed E-state index contributed by atoms with van der Waals surface area (Å²) in [4.78, 5) is 24.0. The molecule has 0 unspecified atom stereocenters. The minimum atomic E-state index is -0.101. The van der Waals surface area contributed by atoms with Gasteiger partial charge in [-0.1, -0.05) is 18.2 Å². The first-order valence-corrected chi connectivity index (χ1v) is 9.32. The van der Waals surface area contributed by atoms with Gasteiger partial charge < -0.3 is 10.6 Å². The van der Waals surface area contributed by atoms with Gasteiger partial charge in [-0.05, 0) is 35.6 Å². The molecule has 6 nitrogen and oxygen atoms in total. The highest BCUT2D eigenvalue weighted by Gasteiger charge is 2.08. The van der Waals surface area contributed by atoms with Gasteiger partial charge >= 0.3 is 0 Å². The van der Waals surface area contributed by atoms with Crippen molar-refractivity contribution in [3.8, 4) is 0 Å². The largest absolute Gasteiger partial charge is 0.352 e. The molecule has 2 heterocycles. The number of amides is 2. The van der Waals surface area contributed by atoms with Crippen LogP contribution in [0.3, 0.4) is 0 Å². The Morgan fingerprint density at radius 1 is 1.15 bits per heavy atom. The third-order valence-corrected chi connectivity index (χ3v) is 4.52. The molecule has 2 amide bonds. The minimum absolute atomic E-state index is 0.0669. The fourth-order valence-electron chi connectivity index (χ4n) is 2.51. The number of nitrogens with one attached hydrogen (secondary N) is 2. The Labute approximate surface area is 155 Å². The van der Waals surface area contributed by atoms with E-state index in [1.165, 1.54) is 11.3 Å². The molecular formula is C19H20N4O2S. The highest BCUT2D eigenvalue weighted by atomic mass is 32.1. The van der Waals surface area contributed by atoms with Gasteiger partial charge in [0.1, 0.15) is 0 Å². The van der Waals surface area contributed by atoms with Crippen LogP contribution in [0.15, 0.2) is 59.6 Å². The molecule has 0 saturated carbocycles. The lowest BCUT2D eigenvalue weighted by molar-refractivity contribution is -0.116. The molecule has 0 saturated heterocycles. The van der Waals surface area contributed by atoms with Crippen molar-refractivity contribution in [3.05, 3.63) is 70.7 Å². The Balaban J connectivity index is 1.45. The monoisotopic (exact) mass is 368 g/mol. The third-order valence-electron chi connectivity index (χ3n) is 3.83. The zero-order valence-corrected chi connectivity index (χ0v) is 15.0. The number of benzene rings is 1. The van der Waals surface area contributed by atoms with E-state index in [0.29, 0.717) is 31.5 Å². The maximum Gasteiger partial charge on any atom is 0.252 e. The molecular weight excluding hydrogens is 348 g/mol. The van der Waals surface area contributed by atoms with Crippen molar-refractivity contribution in [3.63, 3.8) is 0 Å². The van der Waals surface area contributed by atoms with Crippen molar-refractivity contribution in [2.45, 2.75) is 19.4 Å². The van der Waals surface area contributed by atoms with Crippen molar-refractivity contribution in [1.29, 1.82) is 0 Å². The maximum absolute atomic E-state index is 12.2. The molecule has 3 aromatic rings. The van der Waals surface area contributed by atoms with Crippen LogP contribution >= 0.6 is 11.3 Å². The van der Waals surface area contributed by atoms with Gasteiger partial charge in [-0.15, -0.1) is 0 Å². The van der Waals surface area contributed by atoms with Crippen LogP contribution in [0.25, 0.3) is 0 Å².